The largest absolute Gasteiger partial charge is 0.390 e. The Bertz CT molecular complexity index is 489. The normalized spacial score (nSPS) is 24.6. The van der Waals surface area contributed by atoms with Crippen molar-refractivity contribution < 1.29 is 13.5 Å². The number of sulfonamides is 1. The molecule has 0 radical (unpaired) electrons. The summed E-state index contributed by atoms with van der Waals surface area (Å²) in [5, 5.41) is 12.7. The summed E-state index contributed by atoms with van der Waals surface area (Å²) in [6.07, 6.45) is -0.638. The molecule has 0 aliphatic carbocycles. The standard InChI is InChI=1S/C12H18N2O3S/c1-14(11-7-13-8-12(11)15)18(16,17)9-10-5-3-2-4-6-10/h2-6,11-13,15H,7-9H2,1H3/t11-,12-/m1/s1. The molecule has 2 atom stereocenters. The van der Waals surface area contributed by atoms with E-state index in [2.05, 4.69) is 5.32 Å². The van der Waals surface area contributed by atoms with Crippen molar-refractivity contribution in [3.05, 3.63) is 35.9 Å². The lowest BCUT2D eigenvalue weighted by molar-refractivity contribution is 0.136. The van der Waals surface area contributed by atoms with E-state index in [0.717, 1.165) is 5.56 Å². The number of hydrogen-bond acceptors (Lipinski definition) is 4. The molecule has 18 heavy (non-hydrogen) atoms. The highest BCUT2D eigenvalue weighted by Gasteiger charge is 2.34. The number of rotatable bonds is 4. The number of hydrogen-bond donors (Lipinski definition) is 2. The van der Waals surface area contributed by atoms with Gasteiger partial charge in [0.2, 0.25) is 10.0 Å². The van der Waals surface area contributed by atoms with Crippen LogP contribution in [0, 0.1) is 0 Å². The number of nitrogens with one attached hydrogen (secondary N) is 1. The van der Waals surface area contributed by atoms with E-state index >= 15 is 0 Å². The van der Waals surface area contributed by atoms with E-state index in [0.29, 0.717) is 13.1 Å². The summed E-state index contributed by atoms with van der Waals surface area (Å²) in [6, 6.07) is 8.68. The van der Waals surface area contributed by atoms with Gasteiger partial charge in [0.25, 0.3) is 0 Å². The van der Waals surface area contributed by atoms with Crippen LogP contribution >= 0.6 is 0 Å². The first-order valence-corrected chi connectivity index (χ1v) is 7.50. The highest BCUT2D eigenvalue weighted by atomic mass is 32.2. The van der Waals surface area contributed by atoms with Crippen LogP contribution < -0.4 is 5.32 Å². The van der Waals surface area contributed by atoms with Crippen molar-refractivity contribution >= 4 is 10.0 Å². The highest BCUT2D eigenvalue weighted by Crippen LogP contribution is 2.15. The van der Waals surface area contributed by atoms with Gasteiger partial charge < -0.3 is 10.4 Å². The Morgan fingerprint density at radius 2 is 2.00 bits per heavy atom. The van der Waals surface area contributed by atoms with E-state index in [1.54, 1.807) is 12.1 Å². The van der Waals surface area contributed by atoms with Crippen molar-refractivity contribution in [2.24, 2.45) is 0 Å². The number of β-amino-alcohol motifs (C(OH)–C–C–N with tert-alkyl or cyclic N) is 1. The quantitative estimate of drug-likeness (QED) is 0.794. The van der Waals surface area contributed by atoms with Crippen LogP contribution in [0.3, 0.4) is 0 Å². The Balaban J connectivity index is 2.11. The minimum Gasteiger partial charge on any atom is -0.390 e. The molecule has 0 amide bonds. The lowest BCUT2D eigenvalue weighted by atomic mass is 10.2. The van der Waals surface area contributed by atoms with Crippen LogP contribution in [0.25, 0.3) is 0 Å². The molecule has 2 N–H and O–H groups in total. The molecule has 6 heteroatoms. The second kappa shape index (κ2) is 5.36. The number of aliphatic hydroxyl groups excluding tert-OH is 1. The highest BCUT2D eigenvalue weighted by molar-refractivity contribution is 7.88. The predicted octanol–water partition coefficient (Wildman–Crippen LogP) is -0.219. The van der Waals surface area contributed by atoms with Gasteiger partial charge in [-0.25, -0.2) is 8.42 Å². The van der Waals surface area contributed by atoms with Crippen LogP contribution in [-0.2, 0) is 15.8 Å². The summed E-state index contributed by atoms with van der Waals surface area (Å²) in [7, 11) is -1.87. The van der Waals surface area contributed by atoms with Gasteiger partial charge in [-0.2, -0.15) is 4.31 Å². The molecule has 0 spiro atoms. The van der Waals surface area contributed by atoms with Crippen LogP contribution in [0.2, 0.25) is 0 Å². The van der Waals surface area contributed by atoms with E-state index in [-0.39, 0.29) is 11.8 Å². The van der Waals surface area contributed by atoms with Crippen LogP contribution in [-0.4, -0.2) is 50.1 Å². The van der Waals surface area contributed by atoms with Crippen LogP contribution in [0.1, 0.15) is 5.56 Å². The number of benzene rings is 1. The van der Waals surface area contributed by atoms with Crippen LogP contribution in [0.4, 0.5) is 0 Å². The Morgan fingerprint density at radius 3 is 2.56 bits per heavy atom. The molecule has 2 rings (SSSR count). The molecule has 0 bridgehead atoms. The van der Waals surface area contributed by atoms with E-state index in [1.165, 1.54) is 11.4 Å². The summed E-state index contributed by atoms with van der Waals surface area (Å²) in [5.74, 6) is -0.0342. The van der Waals surface area contributed by atoms with Gasteiger partial charge in [-0.15, -0.1) is 0 Å². The average Bonchev–Trinajstić information content (AvgIpc) is 2.75. The molecule has 1 aromatic rings. The Hall–Kier alpha value is -0.950. The zero-order valence-corrected chi connectivity index (χ0v) is 11.1. The predicted molar refractivity (Wildman–Crippen MR) is 69.5 cm³/mol. The first-order chi connectivity index (χ1) is 8.50. The maximum Gasteiger partial charge on any atom is 0.218 e. The zero-order valence-electron chi connectivity index (χ0n) is 10.3. The first-order valence-electron chi connectivity index (χ1n) is 5.89. The van der Waals surface area contributed by atoms with Gasteiger partial charge >= 0.3 is 0 Å². The summed E-state index contributed by atoms with van der Waals surface area (Å²) >= 11 is 0. The van der Waals surface area contributed by atoms with Gasteiger partial charge in [0, 0.05) is 20.1 Å². The SMILES string of the molecule is CN([C@@H]1CNC[C@H]1O)S(=O)(=O)Cc1ccccc1. The third-order valence-corrected chi connectivity index (χ3v) is 5.10. The number of nitrogens with zero attached hydrogens (tertiary/aromatic N) is 1. The summed E-state index contributed by atoms with van der Waals surface area (Å²) in [5.41, 5.74) is 0.754. The van der Waals surface area contributed by atoms with Gasteiger partial charge in [-0.05, 0) is 5.56 Å². The molecule has 1 aromatic carbocycles. The molecule has 1 aliphatic heterocycles. The van der Waals surface area contributed by atoms with Crippen molar-refractivity contribution in [2.45, 2.75) is 17.9 Å². The molecule has 5 nitrogen and oxygen atoms in total. The fourth-order valence-electron chi connectivity index (χ4n) is 2.12. The Kier molecular flexibility index (Phi) is 4.01. The van der Waals surface area contributed by atoms with Crippen molar-refractivity contribution in [1.29, 1.82) is 0 Å². The second-order valence-electron chi connectivity index (χ2n) is 4.55. The molecule has 1 aliphatic rings. The fraction of sp³-hybridized carbons (Fsp3) is 0.500. The molecule has 1 fully saturated rings. The van der Waals surface area contributed by atoms with E-state index < -0.39 is 16.1 Å². The van der Waals surface area contributed by atoms with Gasteiger partial charge in [-0.1, -0.05) is 30.3 Å². The Labute approximate surface area is 107 Å². The zero-order chi connectivity index (χ0) is 13.2. The van der Waals surface area contributed by atoms with E-state index in [1.807, 2.05) is 18.2 Å². The average molecular weight is 270 g/mol. The van der Waals surface area contributed by atoms with Gasteiger partial charge in [0.1, 0.15) is 0 Å². The van der Waals surface area contributed by atoms with Crippen molar-refractivity contribution in [2.75, 3.05) is 20.1 Å². The summed E-state index contributed by atoms with van der Waals surface area (Å²) < 4.78 is 25.7. The second-order valence-corrected chi connectivity index (χ2v) is 6.58. The maximum absolute atomic E-state index is 12.2. The van der Waals surface area contributed by atoms with Crippen molar-refractivity contribution in [3.63, 3.8) is 0 Å². The van der Waals surface area contributed by atoms with Gasteiger partial charge in [-0.3, -0.25) is 0 Å². The Morgan fingerprint density at radius 1 is 1.33 bits per heavy atom. The molecule has 1 heterocycles. The summed E-state index contributed by atoms with van der Waals surface area (Å²) in [4.78, 5) is 0. The first kappa shape index (κ1) is 13.5. The smallest absolute Gasteiger partial charge is 0.218 e. The molecular formula is C12H18N2O3S. The lowest BCUT2D eigenvalue weighted by Crippen LogP contribution is -2.44. The molecule has 0 saturated carbocycles. The minimum absolute atomic E-state index is 0.0342. The maximum atomic E-state index is 12.2. The molecular weight excluding hydrogens is 252 g/mol. The minimum atomic E-state index is -3.40. The molecule has 1 saturated heterocycles. The van der Waals surface area contributed by atoms with Crippen LogP contribution in [0.15, 0.2) is 30.3 Å². The van der Waals surface area contributed by atoms with E-state index in [4.69, 9.17) is 0 Å². The number of aliphatic hydroxyl groups is 1. The topological polar surface area (TPSA) is 69.6 Å². The third kappa shape index (κ3) is 2.89. The lowest BCUT2D eigenvalue weighted by Gasteiger charge is -2.25. The van der Waals surface area contributed by atoms with Crippen molar-refractivity contribution in [1.82, 2.24) is 9.62 Å². The molecule has 100 valence electrons. The van der Waals surface area contributed by atoms with Crippen LogP contribution in [0.5, 0.6) is 0 Å². The molecule has 0 aromatic heterocycles. The monoisotopic (exact) mass is 270 g/mol. The van der Waals surface area contributed by atoms with Crippen molar-refractivity contribution in [3.8, 4) is 0 Å². The van der Waals surface area contributed by atoms with E-state index in [9.17, 15) is 13.5 Å². The van der Waals surface area contributed by atoms with Gasteiger partial charge in [0.05, 0.1) is 17.9 Å². The number of likely N-dealkylation sites (N-methyl/N-ethyl adjacent to an activating group) is 1. The molecule has 0 unspecified atom stereocenters. The third-order valence-electron chi connectivity index (χ3n) is 3.25. The van der Waals surface area contributed by atoms with Gasteiger partial charge in [0.15, 0.2) is 0 Å². The fourth-order valence-corrected chi connectivity index (χ4v) is 3.56. The summed E-state index contributed by atoms with van der Waals surface area (Å²) in [6.45, 7) is 0.932.